The van der Waals surface area contributed by atoms with Crippen LogP contribution < -0.4 is 14.8 Å². The molecule has 1 atom stereocenters. The van der Waals surface area contributed by atoms with Gasteiger partial charge >= 0.3 is 0 Å². The van der Waals surface area contributed by atoms with Crippen molar-refractivity contribution >= 4 is 5.91 Å². The Morgan fingerprint density at radius 1 is 1.28 bits per heavy atom. The van der Waals surface area contributed by atoms with Crippen molar-refractivity contribution in [2.45, 2.75) is 45.6 Å². The lowest BCUT2D eigenvalue weighted by molar-refractivity contribution is -0.121. The molecule has 6 heteroatoms. The predicted molar refractivity (Wildman–Crippen MR) is 93.0 cm³/mol. The summed E-state index contributed by atoms with van der Waals surface area (Å²) in [6, 6.07) is 4.00. The molecule has 0 spiro atoms. The minimum atomic E-state index is 0.0203. The highest BCUT2D eigenvalue weighted by atomic mass is 16.5. The molecule has 2 aromatic rings. The van der Waals surface area contributed by atoms with Gasteiger partial charge < -0.3 is 19.3 Å². The molecule has 0 radical (unpaired) electrons. The summed E-state index contributed by atoms with van der Waals surface area (Å²) in [6.45, 7) is 3.77. The number of ether oxygens (including phenoxy) is 2. The summed E-state index contributed by atoms with van der Waals surface area (Å²) in [5.41, 5.74) is 4.19. The van der Waals surface area contributed by atoms with Crippen molar-refractivity contribution in [1.82, 2.24) is 10.5 Å². The van der Waals surface area contributed by atoms with E-state index in [1.54, 1.807) is 14.2 Å². The first kappa shape index (κ1) is 17.3. The molecular weight excluding hydrogens is 320 g/mol. The van der Waals surface area contributed by atoms with Crippen LogP contribution in [-0.2, 0) is 17.6 Å². The monoisotopic (exact) mass is 344 g/mol. The van der Waals surface area contributed by atoms with Gasteiger partial charge in [-0.1, -0.05) is 5.16 Å². The average Bonchev–Trinajstić information content (AvgIpc) is 3.14. The van der Waals surface area contributed by atoms with E-state index >= 15 is 0 Å². The smallest absolute Gasteiger partial charge is 0.220 e. The molecule has 0 saturated heterocycles. The molecule has 0 unspecified atom stereocenters. The van der Waals surface area contributed by atoms with Crippen molar-refractivity contribution in [1.29, 1.82) is 0 Å². The van der Waals surface area contributed by atoms with Gasteiger partial charge in [0.2, 0.25) is 5.91 Å². The Kier molecular flexibility index (Phi) is 4.97. The number of rotatable bonds is 6. The van der Waals surface area contributed by atoms with Crippen molar-refractivity contribution in [2.75, 3.05) is 14.2 Å². The first-order valence-electron chi connectivity index (χ1n) is 8.49. The fourth-order valence-electron chi connectivity index (χ4n) is 3.45. The van der Waals surface area contributed by atoms with Crippen molar-refractivity contribution in [3.8, 4) is 11.5 Å². The first-order chi connectivity index (χ1) is 12.0. The Morgan fingerprint density at radius 2 is 2.00 bits per heavy atom. The van der Waals surface area contributed by atoms with Crippen LogP contribution in [0.2, 0.25) is 0 Å². The normalized spacial score (nSPS) is 15.8. The van der Waals surface area contributed by atoms with E-state index in [1.165, 1.54) is 5.56 Å². The number of amides is 1. The molecule has 0 aliphatic heterocycles. The minimum absolute atomic E-state index is 0.0203. The molecule has 0 saturated carbocycles. The molecule has 1 amide bonds. The van der Waals surface area contributed by atoms with Crippen LogP contribution in [0.15, 0.2) is 16.7 Å². The lowest BCUT2D eigenvalue weighted by atomic mass is 10.1. The molecule has 3 rings (SSSR count). The van der Waals surface area contributed by atoms with Crippen LogP contribution >= 0.6 is 0 Å². The maximum Gasteiger partial charge on any atom is 0.220 e. The SMILES string of the molecule is COc1cc2c(cc1OC)[C@@H](NC(=O)CCc1c(C)noc1C)CC2. The number of hydrogen-bond donors (Lipinski definition) is 1. The average molecular weight is 344 g/mol. The second-order valence-corrected chi connectivity index (χ2v) is 6.37. The number of aryl methyl sites for hydroxylation is 3. The molecule has 0 bridgehead atoms. The van der Waals surface area contributed by atoms with Crippen molar-refractivity contribution in [3.05, 3.63) is 40.3 Å². The molecule has 1 aromatic heterocycles. The van der Waals surface area contributed by atoms with Gasteiger partial charge in [-0.3, -0.25) is 4.79 Å². The molecular formula is C19H24N2O4. The van der Waals surface area contributed by atoms with Crippen molar-refractivity contribution < 1.29 is 18.8 Å². The third-order valence-corrected chi connectivity index (χ3v) is 4.84. The van der Waals surface area contributed by atoms with E-state index < -0.39 is 0 Å². The van der Waals surface area contributed by atoms with Crippen LogP contribution in [0.1, 0.15) is 47.0 Å². The number of carbonyl (C=O) groups is 1. The molecule has 134 valence electrons. The highest BCUT2D eigenvalue weighted by Crippen LogP contribution is 2.39. The van der Waals surface area contributed by atoms with Crippen LogP contribution in [0.5, 0.6) is 11.5 Å². The number of aromatic nitrogens is 1. The van der Waals surface area contributed by atoms with E-state index in [1.807, 2.05) is 26.0 Å². The number of carbonyl (C=O) groups excluding carboxylic acids is 1. The quantitative estimate of drug-likeness (QED) is 0.872. The van der Waals surface area contributed by atoms with Gasteiger partial charge in [0.15, 0.2) is 11.5 Å². The summed E-state index contributed by atoms with van der Waals surface area (Å²) in [6.07, 6.45) is 2.87. The van der Waals surface area contributed by atoms with E-state index in [0.29, 0.717) is 18.6 Å². The molecule has 0 fully saturated rings. The standard InChI is InChI=1S/C19H24N2O4/c1-11-14(12(2)25-21-11)6-8-19(22)20-16-7-5-13-9-17(23-3)18(24-4)10-15(13)16/h9-10,16H,5-8H2,1-4H3,(H,20,22)/t16-/m0/s1. The van der Waals surface area contributed by atoms with Crippen LogP contribution in [0, 0.1) is 13.8 Å². The summed E-state index contributed by atoms with van der Waals surface area (Å²) in [5, 5.41) is 7.07. The highest BCUT2D eigenvalue weighted by molar-refractivity contribution is 5.77. The van der Waals surface area contributed by atoms with Gasteiger partial charge in [0.25, 0.3) is 0 Å². The van der Waals surface area contributed by atoms with Gasteiger partial charge in [0, 0.05) is 12.0 Å². The predicted octanol–water partition coefficient (Wildman–Crippen LogP) is 3.04. The van der Waals surface area contributed by atoms with E-state index in [9.17, 15) is 4.79 Å². The van der Waals surface area contributed by atoms with Crippen molar-refractivity contribution in [3.63, 3.8) is 0 Å². The summed E-state index contributed by atoms with van der Waals surface area (Å²) in [4.78, 5) is 12.4. The van der Waals surface area contributed by atoms with E-state index in [2.05, 4.69) is 10.5 Å². The third-order valence-electron chi connectivity index (χ3n) is 4.84. The number of benzene rings is 1. The van der Waals surface area contributed by atoms with Crippen LogP contribution in [0.25, 0.3) is 0 Å². The largest absolute Gasteiger partial charge is 0.493 e. The number of hydrogen-bond acceptors (Lipinski definition) is 5. The van der Waals surface area contributed by atoms with Gasteiger partial charge in [0.05, 0.1) is 26.0 Å². The van der Waals surface area contributed by atoms with Crippen LogP contribution in [0.4, 0.5) is 0 Å². The second kappa shape index (κ2) is 7.17. The Bertz CT molecular complexity index is 762. The lowest BCUT2D eigenvalue weighted by Crippen LogP contribution is -2.27. The van der Waals surface area contributed by atoms with Gasteiger partial charge in [0.1, 0.15) is 5.76 Å². The van der Waals surface area contributed by atoms with Gasteiger partial charge in [-0.05, 0) is 56.4 Å². The number of nitrogens with one attached hydrogen (secondary N) is 1. The first-order valence-corrected chi connectivity index (χ1v) is 8.49. The zero-order chi connectivity index (χ0) is 18.0. The van der Waals surface area contributed by atoms with Crippen LogP contribution in [0.3, 0.4) is 0 Å². The lowest BCUT2D eigenvalue weighted by Gasteiger charge is -2.16. The molecule has 25 heavy (non-hydrogen) atoms. The number of methoxy groups -OCH3 is 2. The van der Waals surface area contributed by atoms with E-state index in [0.717, 1.165) is 41.2 Å². The highest BCUT2D eigenvalue weighted by Gasteiger charge is 2.26. The fraction of sp³-hybridized carbons (Fsp3) is 0.474. The summed E-state index contributed by atoms with van der Waals surface area (Å²) in [7, 11) is 3.25. The molecule has 1 aromatic carbocycles. The maximum atomic E-state index is 12.4. The zero-order valence-electron chi connectivity index (χ0n) is 15.1. The fourth-order valence-corrected chi connectivity index (χ4v) is 3.45. The minimum Gasteiger partial charge on any atom is -0.493 e. The van der Waals surface area contributed by atoms with Crippen LogP contribution in [-0.4, -0.2) is 25.3 Å². The molecule has 1 aliphatic rings. The molecule has 1 N–H and O–H groups in total. The third kappa shape index (κ3) is 3.48. The molecule has 1 aliphatic carbocycles. The van der Waals surface area contributed by atoms with E-state index in [4.69, 9.17) is 14.0 Å². The Labute approximate surface area is 147 Å². The van der Waals surface area contributed by atoms with Gasteiger partial charge in [-0.25, -0.2) is 0 Å². The number of nitrogens with zero attached hydrogens (tertiary/aromatic N) is 1. The van der Waals surface area contributed by atoms with E-state index in [-0.39, 0.29) is 11.9 Å². The molecule has 1 heterocycles. The number of fused-ring (bicyclic) bond motifs is 1. The summed E-state index contributed by atoms with van der Waals surface area (Å²) < 4.78 is 15.9. The Morgan fingerprint density at radius 3 is 2.64 bits per heavy atom. The Hall–Kier alpha value is -2.50. The Balaban J connectivity index is 1.66. The second-order valence-electron chi connectivity index (χ2n) is 6.37. The maximum absolute atomic E-state index is 12.4. The van der Waals surface area contributed by atoms with Gasteiger partial charge in [-0.15, -0.1) is 0 Å². The summed E-state index contributed by atoms with van der Waals surface area (Å²) in [5.74, 6) is 2.24. The molecule has 6 nitrogen and oxygen atoms in total. The van der Waals surface area contributed by atoms with Gasteiger partial charge in [-0.2, -0.15) is 0 Å². The topological polar surface area (TPSA) is 73.6 Å². The zero-order valence-corrected chi connectivity index (χ0v) is 15.1. The summed E-state index contributed by atoms with van der Waals surface area (Å²) >= 11 is 0. The van der Waals surface area contributed by atoms with Crippen molar-refractivity contribution in [2.24, 2.45) is 0 Å².